The van der Waals surface area contributed by atoms with Gasteiger partial charge in [-0.25, -0.2) is 0 Å². The van der Waals surface area contributed by atoms with Crippen LogP contribution in [0.3, 0.4) is 0 Å². The van der Waals surface area contributed by atoms with E-state index in [-0.39, 0.29) is 24.4 Å². The molecule has 2 amide bonds. The molecule has 7 heteroatoms. The number of methoxy groups -OCH3 is 1. The van der Waals surface area contributed by atoms with Gasteiger partial charge < -0.3 is 15.4 Å². The number of hydrogen-bond acceptors (Lipinski definition) is 5. The number of rotatable bonds is 7. The lowest BCUT2D eigenvalue weighted by Gasteiger charge is -2.15. The van der Waals surface area contributed by atoms with Gasteiger partial charge in [0.05, 0.1) is 25.6 Å². The Morgan fingerprint density at radius 3 is 1.83 bits per heavy atom. The molecule has 0 atom stereocenters. The van der Waals surface area contributed by atoms with Crippen molar-refractivity contribution in [2.45, 2.75) is 33.6 Å². The zero-order chi connectivity index (χ0) is 17.6. The van der Waals surface area contributed by atoms with E-state index >= 15 is 0 Å². The third-order valence-corrected chi connectivity index (χ3v) is 2.91. The van der Waals surface area contributed by atoms with E-state index in [1.165, 1.54) is 21.0 Å². The fourth-order valence-electron chi connectivity index (χ4n) is 1.93. The molecule has 0 bridgehead atoms. The summed E-state index contributed by atoms with van der Waals surface area (Å²) in [7, 11) is 1.42. The summed E-state index contributed by atoms with van der Waals surface area (Å²) in [5.74, 6) is -1.00. The number of anilines is 2. The lowest BCUT2D eigenvalue weighted by Crippen LogP contribution is -2.17. The Morgan fingerprint density at radius 1 is 0.913 bits per heavy atom. The van der Waals surface area contributed by atoms with E-state index in [9.17, 15) is 19.2 Å². The highest BCUT2D eigenvalue weighted by atomic mass is 16.5. The number of carbonyl (C=O) groups excluding carboxylic acids is 4. The normalized spacial score (nSPS) is 9.91. The third-order valence-electron chi connectivity index (χ3n) is 2.91. The molecule has 0 heterocycles. The summed E-state index contributed by atoms with van der Waals surface area (Å²) in [6.07, 6.45) is -0.432. The van der Waals surface area contributed by atoms with E-state index in [1.54, 1.807) is 19.1 Å². The number of carbonyl (C=O) groups is 4. The average molecular weight is 320 g/mol. The molecule has 0 saturated heterocycles. The number of benzene rings is 1. The van der Waals surface area contributed by atoms with Crippen LogP contribution < -0.4 is 15.4 Å². The summed E-state index contributed by atoms with van der Waals surface area (Å²) in [6, 6.07) is 3.18. The summed E-state index contributed by atoms with van der Waals surface area (Å²) >= 11 is 0. The second-order valence-electron chi connectivity index (χ2n) is 5.22. The largest absolute Gasteiger partial charge is 0.494 e. The molecule has 7 nitrogen and oxygen atoms in total. The molecule has 0 radical (unpaired) electrons. The van der Waals surface area contributed by atoms with Crippen LogP contribution in [-0.2, 0) is 19.2 Å². The van der Waals surface area contributed by atoms with E-state index in [1.807, 2.05) is 0 Å². The molecule has 23 heavy (non-hydrogen) atoms. The predicted molar refractivity (Wildman–Crippen MR) is 85.6 cm³/mol. The van der Waals surface area contributed by atoms with Gasteiger partial charge in [0.1, 0.15) is 17.3 Å². The summed E-state index contributed by atoms with van der Waals surface area (Å²) in [6.45, 7) is 4.40. The third kappa shape index (κ3) is 5.90. The Balaban J connectivity index is 2.98. The first-order chi connectivity index (χ1) is 10.7. The minimum absolute atomic E-state index is 0.209. The second-order valence-corrected chi connectivity index (χ2v) is 5.22. The summed E-state index contributed by atoms with van der Waals surface area (Å²) in [5, 5.41) is 5.22. The van der Waals surface area contributed by atoms with Gasteiger partial charge >= 0.3 is 0 Å². The smallest absolute Gasteiger partial charge is 0.231 e. The van der Waals surface area contributed by atoms with Crippen molar-refractivity contribution in [3.8, 4) is 5.75 Å². The van der Waals surface area contributed by atoms with E-state index < -0.39 is 11.8 Å². The van der Waals surface area contributed by atoms with Gasteiger partial charge in [0.25, 0.3) is 0 Å². The van der Waals surface area contributed by atoms with Gasteiger partial charge in [-0.15, -0.1) is 0 Å². The number of amides is 2. The van der Waals surface area contributed by atoms with Crippen molar-refractivity contribution in [2.24, 2.45) is 0 Å². The van der Waals surface area contributed by atoms with Gasteiger partial charge in [-0.2, -0.15) is 0 Å². The molecule has 0 fully saturated rings. The van der Waals surface area contributed by atoms with Gasteiger partial charge in [-0.3, -0.25) is 19.2 Å². The van der Waals surface area contributed by atoms with Gasteiger partial charge in [-0.05, 0) is 32.4 Å². The fraction of sp³-hybridized carbons (Fsp3) is 0.375. The van der Waals surface area contributed by atoms with Crippen LogP contribution in [0.1, 0.15) is 32.3 Å². The van der Waals surface area contributed by atoms with Crippen molar-refractivity contribution >= 4 is 34.8 Å². The zero-order valence-corrected chi connectivity index (χ0v) is 13.6. The number of hydrogen-bond donors (Lipinski definition) is 2. The molecule has 0 saturated carbocycles. The molecule has 1 rings (SSSR count). The van der Waals surface area contributed by atoms with E-state index in [4.69, 9.17) is 4.74 Å². The first-order valence-electron chi connectivity index (χ1n) is 7.00. The van der Waals surface area contributed by atoms with Crippen molar-refractivity contribution < 1.29 is 23.9 Å². The van der Waals surface area contributed by atoms with Gasteiger partial charge in [0.2, 0.25) is 11.8 Å². The molecule has 0 aliphatic rings. The molecular formula is C16H20N2O5. The van der Waals surface area contributed by atoms with E-state index in [0.29, 0.717) is 22.7 Å². The number of nitrogens with one attached hydrogen (secondary N) is 2. The van der Waals surface area contributed by atoms with Gasteiger partial charge in [0, 0.05) is 11.8 Å². The Morgan fingerprint density at radius 2 is 1.39 bits per heavy atom. The molecule has 1 aromatic rings. The average Bonchev–Trinajstić information content (AvgIpc) is 2.39. The molecule has 0 aliphatic carbocycles. The highest BCUT2D eigenvalue weighted by Gasteiger charge is 2.14. The summed E-state index contributed by atoms with van der Waals surface area (Å²) < 4.78 is 5.19. The maximum Gasteiger partial charge on any atom is 0.231 e. The predicted octanol–water partition coefficient (Wildman–Crippen LogP) is 1.84. The number of Topliss-reactive ketones (excluding diaryl/α,β-unsaturated/α-hetero) is 2. The fourth-order valence-corrected chi connectivity index (χ4v) is 1.93. The van der Waals surface area contributed by atoms with Crippen LogP contribution in [0, 0.1) is 6.92 Å². The van der Waals surface area contributed by atoms with Crippen molar-refractivity contribution in [3.63, 3.8) is 0 Å². The number of ether oxygens (including phenoxy) is 1. The highest BCUT2D eigenvalue weighted by Crippen LogP contribution is 2.31. The van der Waals surface area contributed by atoms with Crippen LogP contribution >= 0.6 is 0 Å². The van der Waals surface area contributed by atoms with Crippen molar-refractivity contribution in [2.75, 3.05) is 17.7 Å². The maximum absolute atomic E-state index is 11.7. The van der Waals surface area contributed by atoms with Crippen LogP contribution in [0.25, 0.3) is 0 Å². The molecule has 1 aromatic carbocycles. The molecule has 0 spiro atoms. The number of ketones is 2. The van der Waals surface area contributed by atoms with Crippen molar-refractivity contribution in [3.05, 3.63) is 17.7 Å². The Hall–Kier alpha value is -2.70. The highest BCUT2D eigenvalue weighted by molar-refractivity contribution is 6.05. The van der Waals surface area contributed by atoms with Crippen molar-refractivity contribution in [1.29, 1.82) is 0 Å². The van der Waals surface area contributed by atoms with Crippen LogP contribution in [0.4, 0.5) is 11.4 Å². The Labute approximate surface area is 134 Å². The van der Waals surface area contributed by atoms with E-state index in [2.05, 4.69) is 10.6 Å². The quantitative estimate of drug-likeness (QED) is 0.746. The van der Waals surface area contributed by atoms with Crippen molar-refractivity contribution in [1.82, 2.24) is 0 Å². The molecular weight excluding hydrogens is 300 g/mol. The topological polar surface area (TPSA) is 102 Å². The lowest BCUT2D eigenvalue weighted by molar-refractivity contribution is -0.125. The molecule has 0 aromatic heterocycles. The second kappa shape index (κ2) is 8.07. The molecule has 124 valence electrons. The molecule has 0 aliphatic heterocycles. The van der Waals surface area contributed by atoms with E-state index in [0.717, 1.165) is 0 Å². The maximum atomic E-state index is 11.7. The van der Waals surface area contributed by atoms with Crippen LogP contribution in [0.2, 0.25) is 0 Å². The van der Waals surface area contributed by atoms with Gasteiger partial charge in [-0.1, -0.05) is 0 Å². The summed E-state index contributed by atoms with van der Waals surface area (Å²) in [5.41, 5.74) is 1.57. The molecule has 2 N–H and O–H groups in total. The summed E-state index contributed by atoms with van der Waals surface area (Å²) in [4.78, 5) is 45.3. The van der Waals surface area contributed by atoms with Crippen LogP contribution in [0.5, 0.6) is 5.75 Å². The SMILES string of the molecule is COc1cc(NC(=O)CC(C)=O)c(C)cc1NC(=O)CC(C)=O. The Bertz CT molecular complexity index is 652. The minimum Gasteiger partial charge on any atom is -0.494 e. The standard InChI is InChI=1S/C16H20N2O5/c1-9-5-13(18-16(22)7-11(3)20)14(23-4)8-12(9)17-15(21)6-10(2)19/h5,8H,6-7H2,1-4H3,(H,17,21)(H,18,22). The van der Waals surface area contributed by atoms with Crippen LogP contribution in [0.15, 0.2) is 12.1 Å². The monoisotopic (exact) mass is 320 g/mol. The molecule has 0 unspecified atom stereocenters. The van der Waals surface area contributed by atoms with Crippen LogP contribution in [-0.4, -0.2) is 30.5 Å². The zero-order valence-electron chi connectivity index (χ0n) is 13.6. The van der Waals surface area contributed by atoms with Gasteiger partial charge in [0.15, 0.2) is 0 Å². The first-order valence-corrected chi connectivity index (χ1v) is 7.00. The Kier molecular flexibility index (Phi) is 6.44. The first kappa shape index (κ1) is 18.3. The minimum atomic E-state index is -0.441. The lowest BCUT2D eigenvalue weighted by atomic mass is 10.1. The number of aryl methyl sites for hydroxylation is 1.